The minimum atomic E-state index is -1.23. The van der Waals surface area contributed by atoms with Crippen LogP contribution >= 0.6 is 23.2 Å². The Kier molecular flexibility index (Phi) is 10.9. The first-order chi connectivity index (χ1) is 21.3. The van der Waals surface area contributed by atoms with Crippen molar-refractivity contribution in [3.05, 3.63) is 93.6 Å². The molecule has 3 aromatic carbocycles. The lowest BCUT2D eigenvalue weighted by Crippen LogP contribution is -2.46. The molecule has 1 amide bonds. The second-order valence-electron chi connectivity index (χ2n) is 10.4. The van der Waals surface area contributed by atoms with Gasteiger partial charge in [0, 0.05) is 53.3 Å². The standard InChI is InChI=1S/C32H35Cl2N3O7/c1-41-16-17-43-31(39)35-19-23(38)13-15-42-24-7-2-20(3-8-24)30-29-26(27-18-22(34)6-11-28(27)36-29)12-14-37(30)32(40)44-25-9-4-21(33)5-10-25/h2-11,18,23,30,32,36,38,40H,12-17,19H2,1H3,(H,35,39)/t23?,30-,32?/m0/s1. The van der Waals surface area contributed by atoms with Gasteiger partial charge in [0.05, 0.1) is 25.4 Å². The maximum absolute atomic E-state index is 11.6. The van der Waals surface area contributed by atoms with Crippen molar-refractivity contribution in [2.24, 2.45) is 0 Å². The Balaban J connectivity index is 1.27. The lowest BCUT2D eigenvalue weighted by molar-refractivity contribution is -0.150. The number of fused-ring (bicyclic) bond motifs is 3. The van der Waals surface area contributed by atoms with E-state index in [1.165, 1.54) is 7.11 Å². The van der Waals surface area contributed by atoms with E-state index in [2.05, 4.69) is 10.3 Å². The molecule has 0 radical (unpaired) electrons. The van der Waals surface area contributed by atoms with Gasteiger partial charge in [-0.1, -0.05) is 35.3 Å². The number of nitrogens with one attached hydrogen (secondary N) is 2. The molecule has 0 saturated heterocycles. The second kappa shape index (κ2) is 15.0. The molecule has 4 N–H and O–H groups in total. The number of H-pyrrole nitrogens is 1. The van der Waals surface area contributed by atoms with Crippen LogP contribution in [-0.4, -0.2) is 78.7 Å². The topological polar surface area (TPSA) is 126 Å². The Hall–Kier alpha value is -3.51. The smallest absolute Gasteiger partial charge is 0.407 e. The zero-order valence-electron chi connectivity index (χ0n) is 24.2. The zero-order valence-corrected chi connectivity index (χ0v) is 25.7. The van der Waals surface area contributed by atoms with Gasteiger partial charge in [0.15, 0.2) is 0 Å². The summed E-state index contributed by atoms with van der Waals surface area (Å²) < 4.78 is 21.5. The number of carbonyl (C=O) groups excluding carboxylic acids is 1. The van der Waals surface area contributed by atoms with E-state index in [1.54, 1.807) is 24.3 Å². The van der Waals surface area contributed by atoms with Gasteiger partial charge in [-0.15, -0.1) is 0 Å². The van der Waals surface area contributed by atoms with Crippen molar-refractivity contribution in [3.63, 3.8) is 0 Å². The maximum Gasteiger partial charge on any atom is 0.407 e. The highest BCUT2D eigenvalue weighted by Crippen LogP contribution is 2.40. The minimum absolute atomic E-state index is 0.0457. The summed E-state index contributed by atoms with van der Waals surface area (Å²) in [5.74, 6) is 1.12. The van der Waals surface area contributed by atoms with Crippen molar-refractivity contribution in [1.82, 2.24) is 15.2 Å². The third-order valence-corrected chi connectivity index (χ3v) is 7.87. The Morgan fingerprint density at radius 1 is 1.00 bits per heavy atom. The number of halogens is 2. The van der Waals surface area contributed by atoms with Crippen LogP contribution in [0.2, 0.25) is 10.0 Å². The summed E-state index contributed by atoms with van der Waals surface area (Å²) in [5, 5.41) is 26.3. The van der Waals surface area contributed by atoms with Gasteiger partial charge in [-0.25, -0.2) is 9.69 Å². The number of hydrogen-bond donors (Lipinski definition) is 4. The van der Waals surface area contributed by atoms with Gasteiger partial charge in [-0.3, -0.25) is 0 Å². The molecule has 0 saturated carbocycles. The fourth-order valence-electron chi connectivity index (χ4n) is 5.21. The van der Waals surface area contributed by atoms with E-state index >= 15 is 0 Å². The number of carbonyl (C=O) groups is 1. The summed E-state index contributed by atoms with van der Waals surface area (Å²) in [5.41, 5.74) is 3.99. The minimum Gasteiger partial charge on any atom is -0.493 e. The number of aliphatic hydroxyl groups is 2. The number of alkyl carbamates (subject to hydrolysis) is 1. The van der Waals surface area contributed by atoms with Gasteiger partial charge >= 0.3 is 6.09 Å². The SMILES string of the molecule is COCCOC(=O)NCC(O)CCOc1ccc([C@H]2c3[nH]c4ccc(Cl)cc4c3CCN2C(O)Oc2ccc(Cl)cc2)cc1. The van der Waals surface area contributed by atoms with E-state index in [0.717, 1.165) is 27.7 Å². The Bertz CT molecular complexity index is 1530. The van der Waals surface area contributed by atoms with Gasteiger partial charge in [-0.05, 0) is 72.1 Å². The number of nitrogens with zero attached hydrogens (tertiary/aromatic N) is 1. The molecule has 3 atom stereocenters. The van der Waals surface area contributed by atoms with Crippen LogP contribution in [0.15, 0.2) is 66.7 Å². The summed E-state index contributed by atoms with van der Waals surface area (Å²) in [4.78, 5) is 17.1. The van der Waals surface area contributed by atoms with Crippen molar-refractivity contribution in [3.8, 4) is 11.5 Å². The van der Waals surface area contributed by atoms with Crippen molar-refractivity contribution < 1.29 is 34.0 Å². The van der Waals surface area contributed by atoms with Crippen LogP contribution in [0.1, 0.15) is 29.3 Å². The number of aromatic amines is 1. The maximum atomic E-state index is 11.6. The molecule has 234 valence electrons. The van der Waals surface area contributed by atoms with E-state index in [-0.39, 0.29) is 25.8 Å². The molecule has 44 heavy (non-hydrogen) atoms. The van der Waals surface area contributed by atoms with E-state index < -0.39 is 18.6 Å². The number of amides is 1. The molecule has 0 bridgehead atoms. The molecule has 1 aliphatic rings. The van der Waals surface area contributed by atoms with Gasteiger partial charge in [0.1, 0.15) is 18.1 Å². The van der Waals surface area contributed by atoms with Crippen LogP contribution < -0.4 is 14.8 Å². The Labute approximate surface area is 265 Å². The normalized spacial score (nSPS) is 16.2. The number of rotatable bonds is 13. The van der Waals surface area contributed by atoms with Gasteiger partial charge in [0.25, 0.3) is 6.41 Å². The van der Waals surface area contributed by atoms with Crippen LogP contribution in [0.25, 0.3) is 10.9 Å². The largest absolute Gasteiger partial charge is 0.493 e. The molecule has 2 heterocycles. The van der Waals surface area contributed by atoms with E-state index in [1.807, 2.05) is 47.4 Å². The predicted octanol–water partition coefficient (Wildman–Crippen LogP) is 5.28. The third-order valence-electron chi connectivity index (χ3n) is 7.38. The Morgan fingerprint density at radius 3 is 2.48 bits per heavy atom. The highest BCUT2D eigenvalue weighted by molar-refractivity contribution is 6.31. The van der Waals surface area contributed by atoms with Gasteiger partial charge in [0.2, 0.25) is 0 Å². The number of hydrogen-bond acceptors (Lipinski definition) is 8. The molecule has 1 aliphatic heterocycles. The summed E-state index contributed by atoms with van der Waals surface area (Å²) in [7, 11) is 1.52. The van der Waals surface area contributed by atoms with Crippen LogP contribution in [0.3, 0.4) is 0 Å². The monoisotopic (exact) mass is 643 g/mol. The van der Waals surface area contributed by atoms with Crippen LogP contribution in [0.4, 0.5) is 4.79 Å². The lowest BCUT2D eigenvalue weighted by atomic mass is 9.92. The van der Waals surface area contributed by atoms with Crippen molar-refractivity contribution in [2.45, 2.75) is 31.4 Å². The van der Waals surface area contributed by atoms with Crippen LogP contribution in [0, 0.1) is 0 Å². The van der Waals surface area contributed by atoms with Crippen molar-refractivity contribution in [2.75, 3.05) is 40.0 Å². The molecule has 10 nitrogen and oxygen atoms in total. The molecule has 0 spiro atoms. The van der Waals surface area contributed by atoms with E-state index in [0.29, 0.717) is 47.5 Å². The fraction of sp³-hybridized carbons (Fsp3) is 0.344. The van der Waals surface area contributed by atoms with Crippen molar-refractivity contribution in [1.29, 1.82) is 0 Å². The molecule has 4 aromatic rings. The van der Waals surface area contributed by atoms with Crippen LogP contribution in [-0.2, 0) is 15.9 Å². The molecular formula is C32H35Cl2N3O7. The first-order valence-corrected chi connectivity index (χ1v) is 15.0. The number of aromatic nitrogens is 1. The average Bonchev–Trinajstić information content (AvgIpc) is 3.39. The first kappa shape index (κ1) is 31.9. The number of ether oxygens (including phenoxy) is 4. The summed E-state index contributed by atoms with van der Waals surface area (Å²) >= 11 is 12.4. The molecule has 0 aliphatic carbocycles. The number of methoxy groups -OCH3 is 1. The third kappa shape index (κ3) is 7.95. The van der Waals surface area contributed by atoms with Crippen molar-refractivity contribution >= 4 is 40.2 Å². The molecule has 5 rings (SSSR count). The average molecular weight is 645 g/mol. The highest BCUT2D eigenvalue weighted by Gasteiger charge is 2.36. The molecule has 2 unspecified atom stereocenters. The summed E-state index contributed by atoms with van der Waals surface area (Å²) in [6, 6.07) is 19.9. The summed E-state index contributed by atoms with van der Waals surface area (Å²) in [6.45, 7) is 1.27. The lowest BCUT2D eigenvalue weighted by Gasteiger charge is -2.38. The highest BCUT2D eigenvalue weighted by atomic mass is 35.5. The Morgan fingerprint density at radius 2 is 1.73 bits per heavy atom. The molecule has 12 heteroatoms. The van der Waals surface area contributed by atoms with E-state index in [4.69, 9.17) is 42.1 Å². The number of benzene rings is 3. The first-order valence-electron chi connectivity index (χ1n) is 14.3. The van der Waals surface area contributed by atoms with E-state index in [9.17, 15) is 15.0 Å². The fourth-order valence-corrected chi connectivity index (χ4v) is 5.51. The summed E-state index contributed by atoms with van der Waals surface area (Å²) in [6.07, 6.45) is -1.63. The molecular weight excluding hydrogens is 609 g/mol. The van der Waals surface area contributed by atoms with Gasteiger partial charge in [-0.2, -0.15) is 0 Å². The number of aliphatic hydroxyl groups excluding tert-OH is 2. The molecule has 1 aromatic heterocycles. The second-order valence-corrected chi connectivity index (χ2v) is 11.2. The zero-order chi connectivity index (χ0) is 31.1. The quantitative estimate of drug-likeness (QED) is 0.115. The van der Waals surface area contributed by atoms with Gasteiger partial charge < -0.3 is 39.5 Å². The molecule has 0 fully saturated rings. The van der Waals surface area contributed by atoms with Crippen LogP contribution in [0.5, 0.6) is 11.5 Å². The predicted molar refractivity (Wildman–Crippen MR) is 167 cm³/mol.